The van der Waals surface area contributed by atoms with E-state index in [4.69, 9.17) is 5.73 Å². The second-order valence-corrected chi connectivity index (χ2v) is 10.3. The first-order valence-corrected chi connectivity index (χ1v) is 13.8. The number of aliphatic hydroxyl groups excluding tert-OH is 1. The van der Waals surface area contributed by atoms with Crippen molar-refractivity contribution in [1.82, 2.24) is 30.9 Å². The van der Waals surface area contributed by atoms with Crippen LogP contribution < -0.4 is 21.7 Å². The third-order valence-electron chi connectivity index (χ3n) is 7.06. The monoisotopic (exact) mass is 589 g/mol. The molecule has 0 aliphatic rings. The molecule has 0 aliphatic heterocycles. The number of carboxylic acid groups (broad SMARTS) is 1. The van der Waals surface area contributed by atoms with Gasteiger partial charge in [-0.1, -0.05) is 48.5 Å². The molecule has 43 heavy (non-hydrogen) atoms. The Morgan fingerprint density at radius 3 is 2.12 bits per heavy atom. The average molecular weight is 590 g/mol. The van der Waals surface area contributed by atoms with Gasteiger partial charge < -0.3 is 41.9 Å². The van der Waals surface area contributed by atoms with Crippen LogP contribution in [0.15, 0.2) is 73.3 Å². The van der Waals surface area contributed by atoms with Crippen LogP contribution in [0.1, 0.15) is 23.7 Å². The molecule has 0 fully saturated rings. The molecule has 0 radical (unpaired) electrons. The molecule has 9 N–H and O–H groups in total. The molecule has 0 saturated carbocycles. The largest absolute Gasteiger partial charge is 0.480 e. The number of benzene rings is 2. The van der Waals surface area contributed by atoms with Gasteiger partial charge in [-0.25, -0.2) is 9.78 Å². The molecule has 5 unspecified atom stereocenters. The lowest BCUT2D eigenvalue weighted by Gasteiger charge is -2.25. The maximum Gasteiger partial charge on any atom is 0.326 e. The minimum atomic E-state index is -1.29. The fourth-order valence-corrected chi connectivity index (χ4v) is 4.64. The summed E-state index contributed by atoms with van der Waals surface area (Å²) in [5, 5.41) is 28.4. The third kappa shape index (κ3) is 8.27. The molecule has 2 heterocycles. The summed E-state index contributed by atoms with van der Waals surface area (Å²) in [4.78, 5) is 61.9. The number of fused-ring (bicyclic) bond motifs is 1. The van der Waals surface area contributed by atoms with Gasteiger partial charge in [0.05, 0.1) is 12.4 Å². The maximum atomic E-state index is 13.6. The fourth-order valence-electron chi connectivity index (χ4n) is 4.64. The van der Waals surface area contributed by atoms with Crippen molar-refractivity contribution in [2.24, 2.45) is 5.73 Å². The van der Waals surface area contributed by atoms with Crippen molar-refractivity contribution in [3.63, 3.8) is 0 Å². The van der Waals surface area contributed by atoms with Crippen molar-refractivity contribution in [2.75, 3.05) is 0 Å². The highest BCUT2D eigenvalue weighted by Crippen LogP contribution is 2.19. The van der Waals surface area contributed by atoms with Gasteiger partial charge in [-0.2, -0.15) is 0 Å². The fraction of sp³-hybridized carbons (Fsp3) is 0.300. The van der Waals surface area contributed by atoms with Gasteiger partial charge in [0.15, 0.2) is 0 Å². The Bertz CT molecular complexity index is 1540. The lowest BCUT2D eigenvalue weighted by atomic mass is 10.0. The van der Waals surface area contributed by atoms with Gasteiger partial charge in [-0.15, -0.1) is 0 Å². The Kier molecular flexibility index (Phi) is 10.3. The summed E-state index contributed by atoms with van der Waals surface area (Å²) in [6.07, 6.45) is 3.48. The molecular weight excluding hydrogens is 554 g/mol. The van der Waals surface area contributed by atoms with E-state index in [9.17, 15) is 29.4 Å². The molecule has 0 bridgehead atoms. The molecule has 3 amide bonds. The van der Waals surface area contributed by atoms with Crippen molar-refractivity contribution >= 4 is 34.6 Å². The van der Waals surface area contributed by atoms with Crippen LogP contribution in [0.3, 0.4) is 0 Å². The van der Waals surface area contributed by atoms with Gasteiger partial charge in [-0.3, -0.25) is 14.4 Å². The Balaban J connectivity index is 1.55. The number of aromatic amines is 2. The van der Waals surface area contributed by atoms with Crippen molar-refractivity contribution in [3.8, 4) is 0 Å². The van der Waals surface area contributed by atoms with Crippen molar-refractivity contribution in [3.05, 3.63) is 90.1 Å². The first kappa shape index (κ1) is 30.9. The predicted molar refractivity (Wildman–Crippen MR) is 158 cm³/mol. The first-order valence-electron chi connectivity index (χ1n) is 13.8. The molecule has 2 aromatic heterocycles. The van der Waals surface area contributed by atoms with E-state index in [1.165, 1.54) is 19.4 Å². The zero-order chi connectivity index (χ0) is 30.9. The zero-order valence-corrected chi connectivity index (χ0v) is 23.5. The van der Waals surface area contributed by atoms with Gasteiger partial charge in [0.1, 0.15) is 24.2 Å². The van der Waals surface area contributed by atoms with Gasteiger partial charge in [-0.05, 0) is 24.1 Å². The molecule has 0 spiro atoms. The number of aliphatic hydroxyl groups is 1. The number of aromatic nitrogens is 3. The molecule has 4 aromatic rings. The van der Waals surface area contributed by atoms with Crippen LogP contribution in [-0.4, -0.2) is 79.1 Å². The highest BCUT2D eigenvalue weighted by Gasteiger charge is 2.32. The van der Waals surface area contributed by atoms with E-state index in [-0.39, 0.29) is 19.3 Å². The number of carbonyl (C=O) groups is 4. The number of amides is 3. The van der Waals surface area contributed by atoms with Crippen LogP contribution in [0.25, 0.3) is 10.9 Å². The highest BCUT2D eigenvalue weighted by atomic mass is 16.4. The van der Waals surface area contributed by atoms with E-state index < -0.39 is 54.0 Å². The molecule has 4 rings (SSSR count). The number of para-hydroxylation sites is 1. The number of H-pyrrole nitrogens is 2. The maximum absolute atomic E-state index is 13.6. The molecule has 13 nitrogen and oxygen atoms in total. The number of rotatable bonds is 14. The van der Waals surface area contributed by atoms with Crippen molar-refractivity contribution in [1.29, 1.82) is 0 Å². The number of nitrogens with one attached hydrogen (secondary N) is 5. The van der Waals surface area contributed by atoms with Crippen molar-refractivity contribution in [2.45, 2.75) is 56.5 Å². The molecule has 0 saturated heterocycles. The zero-order valence-electron chi connectivity index (χ0n) is 23.5. The number of hydrogen-bond acceptors (Lipinski definition) is 7. The van der Waals surface area contributed by atoms with Crippen LogP contribution in [0.4, 0.5) is 0 Å². The van der Waals surface area contributed by atoms with E-state index in [0.29, 0.717) is 11.3 Å². The smallest absolute Gasteiger partial charge is 0.326 e. The number of nitrogens with two attached hydrogens (primary N) is 1. The third-order valence-corrected chi connectivity index (χ3v) is 7.06. The summed E-state index contributed by atoms with van der Waals surface area (Å²) in [6.45, 7) is 1.35. The second kappa shape index (κ2) is 14.2. The van der Waals surface area contributed by atoms with Gasteiger partial charge >= 0.3 is 5.97 Å². The van der Waals surface area contributed by atoms with E-state index in [1.54, 1.807) is 36.5 Å². The van der Waals surface area contributed by atoms with Crippen LogP contribution >= 0.6 is 0 Å². The molecule has 226 valence electrons. The van der Waals surface area contributed by atoms with Gasteiger partial charge in [0, 0.05) is 48.3 Å². The number of aliphatic carboxylic acids is 1. The number of nitrogens with zero attached hydrogens (tertiary/aromatic N) is 1. The summed E-state index contributed by atoms with van der Waals surface area (Å²) < 4.78 is 0. The highest BCUT2D eigenvalue weighted by molar-refractivity contribution is 5.94. The second-order valence-electron chi connectivity index (χ2n) is 10.3. The molecule has 0 aliphatic carbocycles. The van der Waals surface area contributed by atoms with Crippen LogP contribution in [0.5, 0.6) is 0 Å². The van der Waals surface area contributed by atoms with Gasteiger partial charge in [0.25, 0.3) is 0 Å². The number of carbonyl (C=O) groups excluding carboxylic acids is 3. The number of carboxylic acids is 1. The first-order chi connectivity index (χ1) is 20.6. The summed E-state index contributed by atoms with van der Waals surface area (Å²) in [5.74, 6) is -3.42. The Labute approximate surface area is 247 Å². The molecular formula is C30H35N7O6. The van der Waals surface area contributed by atoms with E-state index in [0.717, 1.165) is 16.5 Å². The SMILES string of the molecule is CC(O)C(N)C(=O)NC(Cc1cnc[nH]1)C(=O)NC(Cc1ccccc1)C(=O)NC(Cc1c[nH]c2ccccc12)C(=O)O. The Morgan fingerprint density at radius 2 is 1.47 bits per heavy atom. The van der Waals surface area contributed by atoms with Crippen molar-refractivity contribution < 1.29 is 29.4 Å². The minimum Gasteiger partial charge on any atom is -0.480 e. The average Bonchev–Trinajstić information content (AvgIpc) is 3.66. The molecule has 13 heteroatoms. The standard InChI is InChI=1S/C30H35N7O6/c1-17(38)26(31)29(41)36-24(13-20-15-32-16-34-20)28(40)35-23(11-18-7-3-2-4-8-18)27(39)37-25(30(42)43)12-19-14-33-22-10-6-5-9-21(19)22/h2-10,14-17,23-26,33,38H,11-13,31H2,1H3,(H,32,34)(H,35,40)(H,36,41)(H,37,39)(H,42,43). The summed E-state index contributed by atoms with van der Waals surface area (Å²) in [6, 6.07) is 11.4. The van der Waals surface area contributed by atoms with Crippen LogP contribution in [-0.2, 0) is 38.4 Å². The van der Waals surface area contributed by atoms with Crippen LogP contribution in [0, 0.1) is 0 Å². The molecule has 2 aromatic carbocycles. The number of hydrogen-bond donors (Lipinski definition) is 8. The van der Waals surface area contributed by atoms with Crippen LogP contribution in [0.2, 0.25) is 0 Å². The van der Waals surface area contributed by atoms with Gasteiger partial charge in [0.2, 0.25) is 17.7 Å². The van der Waals surface area contributed by atoms with E-state index in [1.807, 2.05) is 24.3 Å². The predicted octanol–water partition coefficient (Wildman–Crippen LogP) is 0.166. The Hall–Kier alpha value is -5.01. The summed E-state index contributed by atoms with van der Waals surface area (Å²) in [5.41, 5.74) is 8.57. The number of imidazole rings is 1. The quantitative estimate of drug-likeness (QED) is 0.101. The normalized spacial score (nSPS) is 14.7. The summed E-state index contributed by atoms with van der Waals surface area (Å²) in [7, 11) is 0. The lowest BCUT2D eigenvalue weighted by molar-refractivity contribution is -0.142. The topological polar surface area (TPSA) is 215 Å². The van der Waals surface area contributed by atoms with E-state index in [2.05, 4.69) is 30.9 Å². The lowest BCUT2D eigenvalue weighted by Crippen LogP contribution is -2.59. The van der Waals surface area contributed by atoms with E-state index >= 15 is 0 Å². The minimum absolute atomic E-state index is 0.00677. The Morgan fingerprint density at radius 1 is 0.837 bits per heavy atom. The molecule has 5 atom stereocenters. The summed E-state index contributed by atoms with van der Waals surface area (Å²) >= 11 is 0.